The van der Waals surface area contributed by atoms with Crippen LogP contribution in [0.15, 0.2) is 18.2 Å². The van der Waals surface area contributed by atoms with Gasteiger partial charge in [0.05, 0.1) is 7.11 Å². The van der Waals surface area contributed by atoms with E-state index in [9.17, 15) is 9.90 Å². The minimum absolute atomic E-state index is 0.168. The second-order valence-electron chi connectivity index (χ2n) is 3.77. The van der Waals surface area contributed by atoms with Gasteiger partial charge in [0.1, 0.15) is 6.10 Å². The lowest BCUT2D eigenvalue weighted by Crippen LogP contribution is -2.38. The monoisotopic (exact) mass is 269 g/mol. The molecule has 102 valence electrons. The Morgan fingerprint density at radius 1 is 1.58 bits per heavy atom. The Morgan fingerprint density at radius 2 is 2.37 bits per heavy atom. The fraction of sp³-hybridized carbons (Fsp3) is 0.300. The largest absolute Gasteiger partial charge is 0.465 e. The van der Waals surface area contributed by atoms with Gasteiger partial charge in [-0.2, -0.15) is 4.89 Å². The average molecular weight is 269 g/mol. The molecular weight excluding hydrogens is 257 g/mol. The molecule has 1 aromatic carbocycles. The van der Waals surface area contributed by atoms with Gasteiger partial charge in [0.25, 0.3) is 0 Å². The van der Waals surface area contributed by atoms with Crippen molar-refractivity contribution < 1.29 is 34.5 Å². The van der Waals surface area contributed by atoms with Crippen LogP contribution in [0.4, 0.5) is 4.79 Å². The van der Waals surface area contributed by atoms with Crippen molar-refractivity contribution in [1.29, 1.82) is 0 Å². The fourth-order valence-corrected chi connectivity index (χ4v) is 1.88. The van der Waals surface area contributed by atoms with Gasteiger partial charge in [-0.1, -0.05) is 12.1 Å². The molecule has 8 nitrogen and oxygen atoms in total. The highest BCUT2D eigenvalue weighted by atomic mass is 17.5. The number of carboxylic acid groups (broad SMARTS) is 1. The third kappa shape index (κ3) is 2.96. The predicted molar refractivity (Wildman–Crippen MR) is 62.9 cm³/mol. The number of aliphatic hydroxyl groups is 1. The molecule has 2 atom stereocenters. The summed E-state index contributed by atoms with van der Waals surface area (Å²) in [5.74, 6) is 0.379. The Labute approximate surface area is 109 Å². The van der Waals surface area contributed by atoms with E-state index in [2.05, 4.69) is 9.93 Å². The number of hydrogen-bond donors (Lipinski definition) is 3. The highest BCUT2D eigenvalue weighted by Crippen LogP contribution is 2.27. The van der Waals surface area contributed by atoms with Gasteiger partial charge in [-0.05, 0) is 22.1 Å². The van der Waals surface area contributed by atoms with Gasteiger partial charge in [0.2, 0.25) is 0 Å². The van der Waals surface area contributed by atoms with E-state index >= 15 is 0 Å². The smallest absolute Gasteiger partial charge is 0.406 e. The first-order valence-corrected chi connectivity index (χ1v) is 5.41. The van der Waals surface area contributed by atoms with Crippen LogP contribution < -0.4 is 15.7 Å². The van der Waals surface area contributed by atoms with Crippen molar-refractivity contribution in [2.75, 3.05) is 7.11 Å². The molecule has 0 spiro atoms. The molecule has 1 heterocycles. The zero-order valence-electron chi connectivity index (χ0n) is 10.0. The van der Waals surface area contributed by atoms with Gasteiger partial charge in [-0.25, -0.2) is 4.79 Å². The molecule has 0 bridgehead atoms. The molecule has 1 aliphatic heterocycles. The van der Waals surface area contributed by atoms with Crippen LogP contribution in [0.5, 0.6) is 5.75 Å². The molecular formula is C10H12BNO7. The summed E-state index contributed by atoms with van der Waals surface area (Å²) in [5.41, 5.74) is 1.29. The average Bonchev–Trinajstić information content (AvgIpc) is 2.79. The molecule has 9 heteroatoms. The molecule has 0 aliphatic carbocycles. The number of nitrogens with one attached hydrogen (secondary N) is 1. The second kappa shape index (κ2) is 5.89. The van der Waals surface area contributed by atoms with E-state index in [0.717, 1.165) is 0 Å². The SMILES string of the molecule is COOOc1cccc2c1BOC2C(O)NC(=O)O. The van der Waals surface area contributed by atoms with Gasteiger partial charge in [0.15, 0.2) is 12.0 Å². The normalized spacial score (nSPS) is 18.3. The lowest BCUT2D eigenvalue weighted by Gasteiger charge is -2.19. The van der Waals surface area contributed by atoms with Crippen LogP contribution in [0.25, 0.3) is 0 Å². The van der Waals surface area contributed by atoms with E-state index < -0.39 is 18.4 Å². The topological polar surface area (TPSA) is 106 Å². The molecule has 2 rings (SSSR count). The number of carbonyl (C=O) groups is 1. The third-order valence-electron chi connectivity index (χ3n) is 2.63. The van der Waals surface area contributed by atoms with E-state index in [1.165, 1.54) is 7.11 Å². The molecule has 0 aromatic heterocycles. The van der Waals surface area contributed by atoms with E-state index in [-0.39, 0.29) is 7.48 Å². The van der Waals surface area contributed by atoms with Crippen LogP contribution in [-0.2, 0) is 14.6 Å². The zero-order chi connectivity index (χ0) is 13.8. The molecule has 1 aromatic rings. The minimum atomic E-state index is -1.36. The first kappa shape index (κ1) is 13.6. The molecule has 1 amide bonds. The Morgan fingerprint density at radius 3 is 3.05 bits per heavy atom. The Bertz CT molecular complexity index is 469. The van der Waals surface area contributed by atoms with Crippen molar-refractivity contribution >= 4 is 19.0 Å². The summed E-state index contributed by atoms with van der Waals surface area (Å²) < 4.78 is 5.35. The summed E-state index contributed by atoms with van der Waals surface area (Å²) in [5, 5.41) is 24.6. The van der Waals surface area contributed by atoms with Crippen molar-refractivity contribution in [1.82, 2.24) is 5.32 Å². The van der Waals surface area contributed by atoms with Crippen molar-refractivity contribution in [2.45, 2.75) is 12.3 Å². The maximum absolute atomic E-state index is 10.5. The van der Waals surface area contributed by atoms with E-state index in [0.29, 0.717) is 16.8 Å². The summed E-state index contributed by atoms with van der Waals surface area (Å²) in [6.07, 6.45) is -3.49. The Hall–Kier alpha value is -1.81. The van der Waals surface area contributed by atoms with Gasteiger partial charge in [-0.15, -0.1) is 0 Å². The summed E-state index contributed by atoms with van der Waals surface area (Å²) in [4.78, 5) is 19.7. The number of aliphatic hydroxyl groups excluding tert-OH is 1. The van der Waals surface area contributed by atoms with Gasteiger partial charge in [0, 0.05) is 0 Å². The predicted octanol–water partition coefficient (Wildman–Crippen LogP) is -0.808. The van der Waals surface area contributed by atoms with Crippen LogP contribution in [-0.4, -0.2) is 37.1 Å². The maximum Gasteiger partial charge on any atom is 0.406 e. The van der Waals surface area contributed by atoms with E-state index in [1.807, 2.05) is 5.32 Å². The lowest BCUT2D eigenvalue weighted by atomic mass is 9.85. The molecule has 0 saturated heterocycles. The van der Waals surface area contributed by atoms with Crippen LogP contribution in [0, 0.1) is 0 Å². The highest BCUT2D eigenvalue weighted by molar-refractivity contribution is 6.50. The number of hydrogen-bond acceptors (Lipinski definition) is 6. The molecule has 2 unspecified atom stereocenters. The maximum atomic E-state index is 10.5. The van der Waals surface area contributed by atoms with Crippen LogP contribution in [0.3, 0.4) is 0 Å². The molecule has 0 saturated carbocycles. The van der Waals surface area contributed by atoms with Crippen LogP contribution in [0.2, 0.25) is 0 Å². The summed E-state index contributed by atoms with van der Waals surface area (Å²) in [6, 6.07) is 5.02. The van der Waals surface area contributed by atoms with Gasteiger partial charge >= 0.3 is 13.6 Å². The summed E-state index contributed by atoms with van der Waals surface area (Å²) in [6.45, 7) is 0. The van der Waals surface area contributed by atoms with Crippen molar-refractivity contribution in [3.05, 3.63) is 23.8 Å². The first-order valence-electron chi connectivity index (χ1n) is 5.41. The summed E-state index contributed by atoms with van der Waals surface area (Å²) >= 11 is 0. The number of rotatable bonds is 5. The quantitative estimate of drug-likeness (QED) is 0.278. The second-order valence-corrected chi connectivity index (χ2v) is 3.77. The van der Waals surface area contributed by atoms with Crippen molar-refractivity contribution in [3.63, 3.8) is 0 Å². The fourth-order valence-electron chi connectivity index (χ4n) is 1.88. The summed E-state index contributed by atoms with van der Waals surface area (Å²) in [7, 11) is 1.46. The van der Waals surface area contributed by atoms with E-state index in [4.69, 9.17) is 14.6 Å². The number of fused-ring (bicyclic) bond motifs is 1. The molecule has 19 heavy (non-hydrogen) atoms. The molecule has 0 fully saturated rings. The van der Waals surface area contributed by atoms with Gasteiger partial charge < -0.3 is 19.8 Å². The molecule has 1 aliphatic rings. The standard InChI is InChI=1S/C10H12BNO7/c1-16-19-18-6-4-2-3-5-7(6)11-17-8(5)9(13)12-10(14)15/h2-4,8-9,11-13H,1H3,(H,14,15). The van der Waals surface area contributed by atoms with Gasteiger partial charge in [-0.3, -0.25) is 5.32 Å². The van der Waals surface area contributed by atoms with Crippen LogP contribution >= 0.6 is 0 Å². The highest BCUT2D eigenvalue weighted by Gasteiger charge is 2.33. The minimum Gasteiger partial charge on any atom is -0.465 e. The van der Waals surface area contributed by atoms with Crippen LogP contribution in [0.1, 0.15) is 11.7 Å². The zero-order valence-corrected chi connectivity index (χ0v) is 10.0. The Balaban J connectivity index is 2.18. The lowest BCUT2D eigenvalue weighted by molar-refractivity contribution is -0.453. The van der Waals surface area contributed by atoms with E-state index in [1.54, 1.807) is 18.2 Å². The van der Waals surface area contributed by atoms with Crippen molar-refractivity contribution in [3.8, 4) is 5.75 Å². The number of amides is 1. The first-order chi connectivity index (χ1) is 9.13. The van der Waals surface area contributed by atoms with Crippen molar-refractivity contribution in [2.24, 2.45) is 0 Å². The third-order valence-corrected chi connectivity index (χ3v) is 2.63. The molecule has 3 N–H and O–H groups in total. The molecule has 0 radical (unpaired) electrons. The number of benzene rings is 1. The Kier molecular flexibility index (Phi) is 4.22.